The second-order valence-electron chi connectivity index (χ2n) is 4.39. The Bertz CT molecular complexity index is 787. The molecule has 0 unspecified atom stereocenters. The molecule has 0 fully saturated rings. The summed E-state index contributed by atoms with van der Waals surface area (Å²) in [5.41, 5.74) is 3.14. The van der Waals surface area contributed by atoms with Crippen molar-refractivity contribution in [3.63, 3.8) is 0 Å². The van der Waals surface area contributed by atoms with Gasteiger partial charge < -0.3 is 4.57 Å². The summed E-state index contributed by atoms with van der Waals surface area (Å²) >= 11 is 7.76. The van der Waals surface area contributed by atoms with Crippen LogP contribution in [0.5, 0.6) is 0 Å². The lowest BCUT2D eigenvalue weighted by Crippen LogP contribution is -2.10. The monoisotopic (exact) mass is 300 g/mol. The van der Waals surface area contributed by atoms with Gasteiger partial charge in [-0.25, -0.2) is 4.99 Å². The minimum absolute atomic E-state index is 0.669. The molecule has 0 spiro atoms. The van der Waals surface area contributed by atoms with E-state index < -0.39 is 0 Å². The maximum absolute atomic E-state index is 6.15. The number of nitrogens with zero attached hydrogens (tertiary/aromatic N) is 2. The maximum Gasteiger partial charge on any atom is 0.190 e. The van der Waals surface area contributed by atoms with Gasteiger partial charge in [-0.15, -0.1) is 11.3 Å². The van der Waals surface area contributed by atoms with E-state index in [2.05, 4.69) is 27.1 Å². The fraction of sp³-hybridized carbons (Fsp3) is 0.0625. The number of para-hydroxylation sites is 1. The zero-order valence-corrected chi connectivity index (χ0v) is 12.5. The summed E-state index contributed by atoms with van der Waals surface area (Å²) in [6.45, 7) is 0. The summed E-state index contributed by atoms with van der Waals surface area (Å²) in [7, 11) is 2.02. The first-order chi connectivity index (χ1) is 9.75. The lowest BCUT2D eigenvalue weighted by Gasteiger charge is -2.02. The van der Waals surface area contributed by atoms with Crippen molar-refractivity contribution >= 4 is 28.6 Å². The third-order valence-corrected chi connectivity index (χ3v) is 4.30. The zero-order chi connectivity index (χ0) is 13.9. The van der Waals surface area contributed by atoms with Crippen LogP contribution in [-0.4, -0.2) is 4.57 Å². The molecule has 2 nitrogen and oxygen atoms in total. The standard InChI is InChI=1S/C16H13ClN2S/c1-19-15(12-7-3-2-4-8-12)11-20-16(19)18-14-10-6-5-9-13(14)17/h2-11H,1H3. The number of hydrogen-bond donors (Lipinski definition) is 0. The van der Waals surface area contributed by atoms with Gasteiger partial charge in [0.05, 0.1) is 16.4 Å². The summed E-state index contributed by atoms with van der Waals surface area (Å²) in [6.07, 6.45) is 0. The number of halogens is 1. The van der Waals surface area contributed by atoms with Crippen molar-refractivity contribution in [2.45, 2.75) is 0 Å². The van der Waals surface area contributed by atoms with E-state index in [0.29, 0.717) is 5.02 Å². The maximum atomic E-state index is 6.15. The fourth-order valence-electron chi connectivity index (χ4n) is 1.99. The van der Waals surface area contributed by atoms with Gasteiger partial charge in [0.2, 0.25) is 0 Å². The molecular formula is C16H13ClN2S. The number of hydrogen-bond acceptors (Lipinski definition) is 2. The van der Waals surface area contributed by atoms with Gasteiger partial charge in [-0.3, -0.25) is 0 Å². The van der Waals surface area contributed by atoms with Crippen LogP contribution in [0.3, 0.4) is 0 Å². The summed E-state index contributed by atoms with van der Waals surface area (Å²) in [5.74, 6) is 0. The summed E-state index contributed by atoms with van der Waals surface area (Å²) in [6, 6.07) is 17.9. The van der Waals surface area contributed by atoms with E-state index in [4.69, 9.17) is 11.6 Å². The van der Waals surface area contributed by atoms with E-state index in [0.717, 1.165) is 16.2 Å². The Hall–Kier alpha value is -1.84. The first kappa shape index (κ1) is 13.2. The molecular weight excluding hydrogens is 288 g/mol. The molecule has 0 amide bonds. The van der Waals surface area contributed by atoms with Crippen LogP contribution in [0.25, 0.3) is 11.3 Å². The predicted octanol–water partition coefficient (Wildman–Crippen LogP) is 4.64. The van der Waals surface area contributed by atoms with Gasteiger partial charge >= 0.3 is 0 Å². The van der Waals surface area contributed by atoms with E-state index in [1.807, 2.05) is 49.5 Å². The van der Waals surface area contributed by atoms with Gasteiger partial charge in [-0.1, -0.05) is 54.1 Å². The van der Waals surface area contributed by atoms with Crippen molar-refractivity contribution in [1.29, 1.82) is 0 Å². The molecule has 3 rings (SSSR count). The van der Waals surface area contributed by atoms with Crippen molar-refractivity contribution in [3.05, 3.63) is 69.8 Å². The number of aromatic nitrogens is 1. The summed E-state index contributed by atoms with van der Waals surface area (Å²) in [5, 5.41) is 2.78. The molecule has 2 aromatic carbocycles. The molecule has 0 saturated heterocycles. The molecule has 0 aliphatic carbocycles. The number of thiazole rings is 1. The smallest absolute Gasteiger partial charge is 0.190 e. The Balaban J connectivity index is 2.10. The Labute approximate surface area is 126 Å². The van der Waals surface area contributed by atoms with Crippen LogP contribution in [0.1, 0.15) is 0 Å². The van der Waals surface area contributed by atoms with Crippen LogP contribution in [0, 0.1) is 0 Å². The summed E-state index contributed by atoms with van der Waals surface area (Å²) < 4.78 is 2.09. The molecule has 0 atom stereocenters. The van der Waals surface area contributed by atoms with Crippen molar-refractivity contribution in [3.8, 4) is 11.3 Å². The quantitative estimate of drug-likeness (QED) is 0.656. The Morgan fingerprint density at radius 2 is 1.70 bits per heavy atom. The fourth-order valence-corrected chi connectivity index (χ4v) is 3.08. The average molecular weight is 301 g/mol. The Kier molecular flexibility index (Phi) is 3.72. The molecule has 4 heteroatoms. The average Bonchev–Trinajstić information content (AvgIpc) is 2.84. The molecule has 0 saturated carbocycles. The van der Waals surface area contributed by atoms with E-state index in [-0.39, 0.29) is 0 Å². The highest BCUT2D eigenvalue weighted by atomic mass is 35.5. The van der Waals surface area contributed by atoms with Gasteiger partial charge in [0, 0.05) is 12.4 Å². The molecule has 1 heterocycles. The molecule has 3 aromatic rings. The van der Waals surface area contributed by atoms with Crippen LogP contribution < -0.4 is 4.80 Å². The Morgan fingerprint density at radius 3 is 2.45 bits per heavy atom. The zero-order valence-electron chi connectivity index (χ0n) is 11.0. The highest BCUT2D eigenvalue weighted by Gasteiger charge is 2.04. The van der Waals surface area contributed by atoms with Crippen LogP contribution >= 0.6 is 22.9 Å². The lowest BCUT2D eigenvalue weighted by molar-refractivity contribution is 0.883. The highest BCUT2D eigenvalue weighted by Crippen LogP contribution is 2.24. The molecule has 0 N–H and O–H groups in total. The SMILES string of the molecule is Cn1c(-c2ccccc2)csc1=Nc1ccccc1Cl. The molecule has 0 aliphatic rings. The molecule has 20 heavy (non-hydrogen) atoms. The summed E-state index contributed by atoms with van der Waals surface area (Å²) in [4.78, 5) is 5.56. The Morgan fingerprint density at radius 1 is 1.00 bits per heavy atom. The van der Waals surface area contributed by atoms with Gasteiger partial charge in [-0.2, -0.15) is 0 Å². The number of benzene rings is 2. The first-order valence-electron chi connectivity index (χ1n) is 6.25. The van der Waals surface area contributed by atoms with Gasteiger partial charge in [0.1, 0.15) is 0 Å². The van der Waals surface area contributed by atoms with Crippen LogP contribution in [-0.2, 0) is 7.05 Å². The minimum Gasteiger partial charge on any atom is -0.320 e. The van der Waals surface area contributed by atoms with E-state index in [1.165, 1.54) is 5.56 Å². The van der Waals surface area contributed by atoms with Crippen molar-refractivity contribution in [2.24, 2.45) is 12.0 Å². The minimum atomic E-state index is 0.669. The van der Waals surface area contributed by atoms with E-state index >= 15 is 0 Å². The molecule has 1 aromatic heterocycles. The van der Waals surface area contributed by atoms with Crippen LogP contribution in [0.4, 0.5) is 5.69 Å². The van der Waals surface area contributed by atoms with Crippen LogP contribution in [0.15, 0.2) is 65.0 Å². The van der Waals surface area contributed by atoms with Gasteiger partial charge in [0.15, 0.2) is 4.80 Å². The molecule has 0 aliphatic heterocycles. The van der Waals surface area contributed by atoms with Gasteiger partial charge in [-0.05, 0) is 17.7 Å². The van der Waals surface area contributed by atoms with Crippen molar-refractivity contribution in [1.82, 2.24) is 4.57 Å². The normalized spacial score (nSPS) is 11.8. The van der Waals surface area contributed by atoms with Gasteiger partial charge in [0.25, 0.3) is 0 Å². The predicted molar refractivity (Wildman–Crippen MR) is 85.4 cm³/mol. The second kappa shape index (κ2) is 5.65. The third kappa shape index (κ3) is 2.55. The lowest BCUT2D eigenvalue weighted by atomic mass is 10.2. The second-order valence-corrected chi connectivity index (χ2v) is 5.64. The van der Waals surface area contributed by atoms with Crippen molar-refractivity contribution in [2.75, 3.05) is 0 Å². The molecule has 0 bridgehead atoms. The topological polar surface area (TPSA) is 17.3 Å². The molecule has 100 valence electrons. The largest absolute Gasteiger partial charge is 0.320 e. The van der Waals surface area contributed by atoms with E-state index in [9.17, 15) is 0 Å². The third-order valence-electron chi connectivity index (χ3n) is 3.06. The number of rotatable bonds is 2. The van der Waals surface area contributed by atoms with Crippen molar-refractivity contribution < 1.29 is 0 Å². The van der Waals surface area contributed by atoms with Crippen LogP contribution in [0.2, 0.25) is 5.02 Å². The molecule has 0 radical (unpaired) electrons. The van der Waals surface area contributed by atoms with E-state index in [1.54, 1.807) is 11.3 Å². The highest BCUT2D eigenvalue weighted by molar-refractivity contribution is 7.07. The first-order valence-corrected chi connectivity index (χ1v) is 7.50.